The zero-order valence-electron chi connectivity index (χ0n) is 69.7. The van der Waals surface area contributed by atoms with Crippen LogP contribution in [0, 0.1) is 0 Å². The average Bonchev–Trinajstić information content (AvgIpc) is 1.56. The first-order valence-corrected chi connectivity index (χ1v) is 42.0. The van der Waals surface area contributed by atoms with E-state index in [1.165, 1.54) is 66.1 Å². The third kappa shape index (κ3) is 17.7. The summed E-state index contributed by atoms with van der Waals surface area (Å²) < 4.78 is 17.7. The fourth-order valence-electron chi connectivity index (χ4n) is 16.3. The highest BCUT2D eigenvalue weighted by Gasteiger charge is 2.53. The van der Waals surface area contributed by atoms with Gasteiger partial charge in [0.05, 0.1) is 11.2 Å². The second kappa shape index (κ2) is 36.0. The molecule has 21 rings (SSSR count). The summed E-state index contributed by atoms with van der Waals surface area (Å²) in [5.74, 6) is 4.18. The normalized spacial score (nSPS) is 13.6. The minimum Gasteiger partial charge on any atom is -0.537 e. The smallest absolute Gasteiger partial charge is 0.537 e. The van der Waals surface area contributed by atoms with Gasteiger partial charge in [0, 0.05) is 81.4 Å². The maximum absolute atomic E-state index is 8.45. The van der Waals surface area contributed by atoms with Crippen LogP contribution in [0.15, 0.2) is 347 Å². The maximum Gasteiger partial charge on any atom is 0.569 e. The second-order valence-electron chi connectivity index (χ2n) is 32.2. The van der Waals surface area contributed by atoms with E-state index in [2.05, 4.69) is 240 Å². The zero-order valence-corrected chi connectivity index (χ0v) is 72.0. The van der Waals surface area contributed by atoms with Crippen LogP contribution in [0.5, 0.6) is 5.75 Å². The summed E-state index contributed by atoms with van der Waals surface area (Å²) in [6.45, 7) is 17.8. The summed E-state index contributed by atoms with van der Waals surface area (Å²) in [6.07, 6.45) is 10.8. The number of halogens is 3. The molecule has 0 amide bonds. The molecule has 1 saturated heterocycles. The van der Waals surface area contributed by atoms with Crippen LogP contribution in [0.1, 0.15) is 77.6 Å². The fraction of sp³-hybridized carbons (Fsp3) is 0.115. The van der Waals surface area contributed by atoms with Crippen LogP contribution in [-0.4, -0.2) is 90.8 Å². The average molecular weight is 1690 g/mol. The highest BCUT2D eigenvalue weighted by atomic mass is 35.5. The molecule has 0 saturated carbocycles. The Balaban J connectivity index is 0.000000118. The highest BCUT2D eigenvalue weighted by Crippen LogP contribution is 2.55. The number of nitrogens with zero attached hydrogens (tertiary/aromatic N) is 12. The predicted molar refractivity (Wildman–Crippen MR) is 504 cm³/mol. The van der Waals surface area contributed by atoms with Crippen LogP contribution in [0.3, 0.4) is 0 Å². The van der Waals surface area contributed by atoms with Gasteiger partial charge in [-0.3, -0.25) is 15.0 Å². The Morgan fingerprint density at radius 2 is 0.632 bits per heavy atom. The third-order valence-corrected chi connectivity index (χ3v) is 23.6. The number of hydrogen-bond acceptors (Lipinski definition) is 16. The van der Waals surface area contributed by atoms with E-state index in [4.69, 9.17) is 68.7 Å². The molecule has 3 aliphatic rings. The Morgan fingerprint density at radius 1 is 0.296 bits per heavy atom. The van der Waals surface area contributed by atoms with Gasteiger partial charge in [-0.1, -0.05) is 307 Å². The van der Waals surface area contributed by atoms with E-state index in [1.807, 2.05) is 170 Å². The molecule has 1 radical (unpaired) electrons. The minimum atomic E-state index is -0.354. The number of hydrogen-bond donors (Lipinski definition) is 1. The summed E-state index contributed by atoms with van der Waals surface area (Å²) in [7, 11) is 0.312. The van der Waals surface area contributed by atoms with E-state index in [0.29, 0.717) is 48.4 Å². The molecule has 0 atom stereocenters. The van der Waals surface area contributed by atoms with Crippen LogP contribution < -0.4 is 10.1 Å². The van der Waals surface area contributed by atoms with Crippen molar-refractivity contribution in [3.63, 3.8) is 0 Å². The van der Waals surface area contributed by atoms with E-state index < -0.39 is 0 Å². The third-order valence-electron chi connectivity index (χ3n) is 23.1. The Bertz CT molecular complexity index is 6870. The van der Waals surface area contributed by atoms with E-state index in [1.54, 1.807) is 36.9 Å². The summed E-state index contributed by atoms with van der Waals surface area (Å²) in [4.78, 5) is 52.3. The molecule has 18 aromatic rings. The quantitative estimate of drug-likeness (QED) is 0.113. The molecule has 6 aromatic heterocycles. The van der Waals surface area contributed by atoms with Crippen molar-refractivity contribution in [2.75, 3.05) is 0 Å². The molecule has 2 aliphatic carbocycles. The van der Waals surface area contributed by atoms with Gasteiger partial charge in [0.1, 0.15) is 5.75 Å². The molecule has 7 heterocycles. The van der Waals surface area contributed by atoms with E-state index >= 15 is 0 Å². The van der Waals surface area contributed by atoms with Gasteiger partial charge in [0.25, 0.3) is 0 Å². The molecule has 21 heteroatoms. The maximum atomic E-state index is 8.45. The van der Waals surface area contributed by atoms with Crippen molar-refractivity contribution in [1.29, 1.82) is 0 Å². The van der Waals surface area contributed by atoms with Gasteiger partial charge in [-0.05, 0) is 198 Å². The first-order valence-electron chi connectivity index (χ1n) is 40.9. The number of pyridine rings is 3. The Hall–Kier alpha value is -13.7. The van der Waals surface area contributed by atoms with E-state index in [0.717, 1.165) is 72.2 Å². The highest BCUT2D eigenvalue weighted by molar-refractivity contribution is 6.64. The van der Waals surface area contributed by atoms with Gasteiger partial charge >= 0.3 is 14.8 Å². The zero-order chi connectivity index (χ0) is 86.4. The lowest BCUT2D eigenvalue weighted by Gasteiger charge is -2.32. The van der Waals surface area contributed by atoms with Gasteiger partial charge in [0.2, 0.25) is 15.9 Å². The van der Waals surface area contributed by atoms with Crippen LogP contribution >= 0.6 is 34.8 Å². The van der Waals surface area contributed by atoms with Crippen molar-refractivity contribution in [3.05, 3.63) is 385 Å². The van der Waals surface area contributed by atoms with Gasteiger partial charge in [-0.15, -0.1) is 0 Å². The molecule has 1 fully saturated rings. The van der Waals surface area contributed by atoms with Crippen LogP contribution in [0.2, 0.25) is 15.9 Å². The predicted octanol–water partition coefficient (Wildman–Crippen LogP) is 24.3. The van der Waals surface area contributed by atoms with Gasteiger partial charge in [-0.25, -0.2) is 19.9 Å². The van der Waals surface area contributed by atoms with Crippen molar-refractivity contribution < 1.29 is 19.0 Å². The second-order valence-corrected chi connectivity index (χ2v) is 33.2. The lowest BCUT2D eigenvalue weighted by Crippen LogP contribution is -2.41. The Kier molecular flexibility index (Phi) is 24.1. The monoisotopic (exact) mass is 1690 g/mol. The minimum absolute atomic E-state index is 0.0643. The molecule has 0 spiro atoms. The molecule has 1 N–H and O–H groups in total. The van der Waals surface area contributed by atoms with Crippen molar-refractivity contribution in [3.8, 4) is 130 Å². The first-order chi connectivity index (χ1) is 60.7. The lowest BCUT2D eigenvalue weighted by atomic mass is 9.73. The SMILES string of the molecule is CC1(C)c2cccc(-c3nc(-c4ccccc4)nc(-c4ccc(-c5cccnc5)cc4)n3)c2-c2ccc3ccccc3c21.CC1(C)c2cccc(B3OC(C)(C)C(C)(C)O3)c2-c2ccc3ccccc3c21.Clc1nc(-c2ccccc2)nc(-c2ccc(-c3cccnc3)cc2)n1.Clc1nc(Cl)nc(-c2ccccc2)n1.O[B]Oc1ccc(-c2cccnc2)cc1. The number of benzene rings is 12. The molecule has 609 valence electrons. The Morgan fingerprint density at radius 3 is 1.05 bits per heavy atom. The Labute approximate surface area is 742 Å². The van der Waals surface area contributed by atoms with Crippen molar-refractivity contribution >= 4 is 76.6 Å². The van der Waals surface area contributed by atoms with Gasteiger partial charge in [-0.2, -0.15) is 24.9 Å². The summed E-state index contributed by atoms with van der Waals surface area (Å²) in [5, 5.41) is 14.0. The standard InChI is InChI=1S/C39H28N4.C25H27BO2.C20H13ClN4.C11H9BNO2.C9H5Cl2N3/c1-39(2)33-16-8-15-32(34(33)31-22-21-26-10-6-7-14-30(26)35(31)39)38-42-36(27-11-4-3-5-12-27)41-37(43-38)28-19-17-25(18-20-28)29-13-9-23-40-24-29;1-23(2)19-12-9-13-20(26-27-24(3,4)25(5,6)28-26)21(19)18-15-14-16-10-7-8-11-17(16)22(18)23;21-20-24-18(15-5-2-1-3-6-15)23-19(25-20)16-10-8-14(9-11-16)17-7-4-12-22-13-17;14-12-15-11-5-3-9(4-6-11)10-2-1-7-13-8-10;10-8-12-7(13-9(11)14-8)6-4-2-1-3-5-6/h3-24H,1-2H3;7-15H,1-6H3;1-13H;1-8,14H;1-5H. The van der Waals surface area contributed by atoms with Crippen LogP contribution in [0.4, 0.5) is 0 Å². The molecule has 125 heavy (non-hydrogen) atoms. The van der Waals surface area contributed by atoms with Gasteiger partial charge < -0.3 is 19.0 Å². The largest absolute Gasteiger partial charge is 0.569 e. The van der Waals surface area contributed by atoms with Crippen molar-refractivity contribution in [1.82, 2.24) is 59.8 Å². The molecule has 16 nitrogen and oxygen atoms in total. The van der Waals surface area contributed by atoms with Gasteiger partial charge in [0.15, 0.2) is 34.9 Å². The summed E-state index contributed by atoms with van der Waals surface area (Å²) in [6, 6.07) is 104. The summed E-state index contributed by atoms with van der Waals surface area (Å²) in [5.41, 5.74) is 22.7. The lowest BCUT2D eigenvalue weighted by molar-refractivity contribution is 0.00578. The van der Waals surface area contributed by atoms with Crippen molar-refractivity contribution in [2.45, 2.75) is 77.4 Å². The number of aromatic nitrogens is 12. The molecule has 12 aromatic carbocycles. The molecule has 1 aliphatic heterocycles. The molecule has 0 bridgehead atoms. The molecule has 0 unspecified atom stereocenters. The van der Waals surface area contributed by atoms with E-state index in [9.17, 15) is 0 Å². The first kappa shape index (κ1) is 83.6. The van der Waals surface area contributed by atoms with E-state index in [-0.39, 0.29) is 45.0 Å². The molecular weight excluding hydrogens is 1610 g/mol. The topological polar surface area (TPSA) is 203 Å². The van der Waals surface area contributed by atoms with Crippen molar-refractivity contribution in [2.24, 2.45) is 0 Å². The fourth-order valence-corrected chi connectivity index (χ4v) is 16.8. The van der Waals surface area contributed by atoms with Crippen LogP contribution in [0.25, 0.3) is 146 Å². The van der Waals surface area contributed by atoms with Crippen LogP contribution in [-0.2, 0) is 20.1 Å². The summed E-state index contributed by atoms with van der Waals surface area (Å²) >= 11 is 17.4. The molecular formula is C104H82B2Cl3N12O4. The number of fused-ring (bicyclic) bond motifs is 10. The number of rotatable bonds is 12.